The summed E-state index contributed by atoms with van der Waals surface area (Å²) >= 11 is 31.1. The van der Waals surface area contributed by atoms with Crippen LogP contribution < -0.4 is 30.9 Å². The number of rotatable bonds is 18. The fraction of sp³-hybridized carbons (Fsp3) is 0.486. The van der Waals surface area contributed by atoms with Crippen LogP contribution in [0.2, 0.25) is 10.3 Å². The van der Waals surface area contributed by atoms with Crippen molar-refractivity contribution in [2.75, 3.05) is 12.5 Å². The molecular formula is C70H70AgBCl6F25N19O12S-. The molecule has 14 rings (SSSR count). The van der Waals surface area contributed by atoms with Crippen LogP contribution in [0.25, 0.3) is 39.5 Å². The Morgan fingerprint density at radius 3 is 1.10 bits per heavy atom. The monoisotopic (exact) mass is 2200 g/mol. The van der Waals surface area contributed by atoms with Crippen LogP contribution in [0.5, 0.6) is 17.6 Å². The molecule has 0 amide bonds. The van der Waals surface area contributed by atoms with Crippen LogP contribution in [-0.2, 0) is 88.7 Å². The van der Waals surface area contributed by atoms with E-state index in [0.717, 1.165) is 42.2 Å². The van der Waals surface area contributed by atoms with Gasteiger partial charge in [0.05, 0.1) is 22.6 Å². The Hall–Kier alpha value is -9.09. The van der Waals surface area contributed by atoms with Crippen LogP contribution in [0.4, 0.5) is 116 Å². The van der Waals surface area contributed by atoms with Gasteiger partial charge in [0, 0.05) is 53.0 Å². The molecule has 0 spiro atoms. The van der Waals surface area contributed by atoms with Gasteiger partial charge in [-0.1, -0.05) is 52.9 Å². The zero-order valence-corrected chi connectivity index (χ0v) is 72.3. The van der Waals surface area contributed by atoms with Crippen molar-refractivity contribution >= 4 is 128 Å². The maximum absolute atomic E-state index is 14.4. The number of nitrogens with zero attached hydrogens (tertiary/aromatic N) is 17. The molecule has 65 heteroatoms. The number of nitrogen functional groups attached to an aromatic ring is 1. The van der Waals surface area contributed by atoms with Gasteiger partial charge in [-0.05, 0) is 199 Å². The van der Waals surface area contributed by atoms with Crippen molar-refractivity contribution in [3.63, 3.8) is 0 Å². The van der Waals surface area contributed by atoms with Crippen molar-refractivity contribution in [2.45, 2.75) is 208 Å². The maximum atomic E-state index is 14.4. The molecule has 4 aliphatic rings. The summed E-state index contributed by atoms with van der Waals surface area (Å²) < 4.78 is 383. The number of pyridine rings is 3. The predicted molar refractivity (Wildman–Crippen MR) is 423 cm³/mol. The minimum absolute atomic E-state index is 0. The average Bonchev–Trinajstić information content (AvgIpc) is 1.05. The van der Waals surface area contributed by atoms with E-state index >= 15 is 0 Å². The zero-order chi connectivity index (χ0) is 98.8. The van der Waals surface area contributed by atoms with E-state index in [0.29, 0.717) is 39.3 Å². The summed E-state index contributed by atoms with van der Waals surface area (Å²) in [4.78, 5) is 31.9. The number of anilines is 1. The molecule has 755 valence electrons. The summed E-state index contributed by atoms with van der Waals surface area (Å²) in [7, 11) is -4.00. The predicted octanol–water partition coefficient (Wildman–Crippen LogP) is 20.0. The number of ether oxygens (including phenoxy) is 5. The minimum atomic E-state index is -5.08. The van der Waals surface area contributed by atoms with E-state index in [9.17, 15) is 119 Å². The topological polar surface area (TPSA) is 382 Å². The molecule has 0 unspecified atom stereocenters. The summed E-state index contributed by atoms with van der Waals surface area (Å²) in [5.41, 5.74) is -10.8. The molecule has 0 bridgehead atoms. The van der Waals surface area contributed by atoms with Gasteiger partial charge in [0.1, 0.15) is 18.0 Å². The van der Waals surface area contributed by atoms with Crippen LogP contribution in [0, 0.1) is 17.5 Å². The van der Waals surface area contributed by atoms with Gasteiger partial charge >= 0.3 is 95.0 Å². The molecular weight excluding hydrogens is 2140 g/mol. The number of fused-ring (bicyclic) bond motifs is 3. The van der Waals surface area contributed by atoms with Crippen LogP contribution in [-0.4, -0.2) is 174 Å². The SMILES string of the molecule is C.C.C.C.CC1(C)OB(c2cnc(OC3(C(F)(F)F)CCC3)c(F)c2)OC1(C)C.COC(F)(F)c1nnc2ccc(-c3cnc(OC4(C(F)(F)F)CCC4)c(F)c3)nn12.FC(F)(Cl)c1nnc2ccc(Cl)nn12.Fc1cc(-c2ccc3nnc(C(F)(F)Cl)n3n2)cnc1OC1(C(F)(F)F)CCC1.NNc1ccc(Cl)nn1.O=C(CC(F)(F)Cl)OC(=O)CC(F)(F)Cl.O=[S-](=O)C(F)(F)F.[O]=[Ag]. The third-order valence-corrected chi connectivity index (χ3v) is 19.5. The van der Waals surface area contributed by atoms with E-state index < -0.39 is 175 Å². The summed E-state index contributed by atoms with van der Waals surface area (Å²) in [6, 6.07) is 14.1. The van der Waals surface area contributed by atoms with E-state index in [1.807, 2.05) is 27.7 Å². The normalized spacial score (nSPS) is 15.7. The average molecular weight is 2210 g/mol. The molecule has 3 saturated carbocycles. The van der Waals surface area contributed by atoms with Crippen molar-refractivity contribution in [3.8, 4) is 40.2 Å². The molecule has 3 aliphatic carbocycles. The number of halogens is 31. The summed E-state index contributed by atoms with van der Waals surface area (Å²) in [5.74, 6) is -6.02. The van der Waals surface area contributed by atoms with E-state index in [1.54, 1.807) is 33.2 Å². The second kappa shape index (κ2) is 46.6. The Morgan fingerprint density at radius 2 is 0.807 bits per heavy atom. The van der Waals surface area contributed by atoms with Crippen molar-refractivity contribution in [3.05, 3.63) is 131 Å². The van der Waals surface area contributed by atoms with Crippen LogP contribution in [0.1, 0.15) is 146 Å². The number of carbonyl (C=O) groups excluding carboxylic acids is 2. The Morgan fingerprint density at radius 1 is 0.481 bits per heavy atom. The summed E-state index contributed by atoms with van der Waals surface area (Å²) in [6.07, 6.45) is -18.1. The van der Waals surface area contributed by atoms with Gasteiger partial charge in [0.15, 0.2) is 45.4 Å². The number of aromatic nitrogens is 17. The van der Waals surface area contributed by atoms with Gasteiger partial charge in [-0.25, -0.2) is 34.0 Å². The molecule has 10 aromatic heterocycles. The molecule has 1 saturated heterocycles. The van der Waals surface area contributed by atoms with E-state index in [4.69, 9.17) is 87.4 Å². The first kappa shape index (κ1) is 120. The Labute approximate surface area is 789 Å². The van der Waals surface area contributed by atoms with Gasteiger partial charge in [0.2, 0.25) is 28.5 Å². The van der Waals surface area contributed by atoms with Crippen LogP contribution in [0.3, 0.4) is 0 Å². The zero-order valence-electron chi connectivity index (χ0n) is 65.4. The first-order valence-electron chi connectivity index (χ1n) is 35.3. The molecule has 135 heavy (non-hydrogen) atoms. The quantitative estimate of drug-likeness (QED) is 0.0118. The number of hydrogen-bond acceptors (Lipinski definition) is 29. The molecule has 0 aromatic carbocycles. The van der Waals surface area contributed by atoms with E-state index in [1.165, 1.54) is 42.6 Å². The molecule has 0 atom stereocenters. The number of esters is 2. The molecule has 31 nitrogen and oxygen atoms in total. The second-order valence-electron chi connectivity index (χ2n) is 27.7. The van der Waals surface area contributed by atoms with Gasteiger partial charge in [-0.15, -0.1) is 40.8 Å². The number of hydrazine groups is 1. The number of nitrogens with two attached hydrogens (primary N) is 1. The van der Waals surface area contributed by atoms with Crippen LogP contribution >= 0.6 is 69.6 Å². The Kier molecular flexibility index (Phi) is 41.4. The molecule has 11 heterocycles. The summed E-state index contributed by atoms with van der Waals surface area (Å²) in [6.45, 7) is 7.38. The third kappa shape index (κ3) is 31.2. The molecule has 10 aromatic rings. The van der Waals surface area contributed by atoms with Gasteiger partial charge < -0.3 is 46.8 Å². The first-order chi connectivity index (χ1) is 60.2. The second-order valence-corrected chi connectivity index (χ2v) is 31.5. The standard InChI is InChI=1S/C17H13F6N5O2.C16H20BF4NO3.C16H10ClF6N5O.C6H4Cl2F4O3.C6H2Cl2F2N4.C4H5ClN4.CF3O2S.4CH4.Ag.O/c1-29-16(19,20)14-26-25-12-4-3-11(27-28(12)14)9-7-10(18)13(24-8-9)30-15(5-2-6-15)17(21,22)23;1-13(2)14(3,4)25-17(24-13)10-8-11(18)12(22-9-10)23-15(6-5-7-15)16(19,20)21;17-15(19,20)13-26-25-11-3-2-10(27-28(11)13)8-6-9(18)12(24-7-8)29-14(4-1-5-14)16(21,22)23;7-5(9,10)1-3(13)15-4(14)2-6(8,11)12;7-3-1-2-4-11-12-5(6(8,9)10)14(4)13-3;5-3-1-2-4(7-6)9-8-3;2-1(3,4)7(5)6;;;;;;/h3-4,7-8H,2,5-6H2,1H3;8-9H,5-7H2,1-4H3;2-3,6-7H,1,4-5H2;1-2H2;1-2H;1-2H,6H2,(H,7,9);;4*1H4;;/q;;;;;;-1;;;;;;. The number of nitrogens with one attached hydrogen (secondary N) is 1. The summed E-state index contributed by atoms with van der Waals surface area (Å²) in [5, 5.41) is 24.0. The van der Waals surface area contributed by atoms with Crippen molar-refractivity contribution in [1.82, 2.24) is 84.6 Å². The fourth-order valence-electron chi connectivity index (χ4n) is 10.5. The van der Waals surface area contributed by atoms with E-state index in [-0.39, 0.29) is 118 Å². The van der Waals surface area contributed by atoms with Gasteiger partial charge in [-0.2, -0.15) is 125 Å². The number of carbonyl (C=O) groups is 2. The number of alkyl halides is 26. The molecule has 4 fully saturated rings. The van der Waals surface area contributed by atoms with Crippen LogP contribution in [0.15, 0.2) is 85.3 Å². The van der Waals surface area contributed by atoms with Crippen molar-refractivity contribution in [2.24, 2.45) is 5.84 Å². The fourth-order valence-corrected chi connectivity index (χ4v) is 11.2. The first-order valence-corrected chi connectivity index (χ1v) is 39.3. The number of methoxy groups -OCH3 is 1. The molecule has 0 radical (unpaired) electrons. The van der Waals surface area contributed by atoms with Crippen molar-refractivity contribution < 1.29 is 185 Å². The number of hydrogen-bond donors (Lipinski definition) is 2. The van der Waals surface area contributed by atoms with E-state index in [2.05, 4.69) is 109 Å². The van der Waals surface area contributed by atoms with Crippen molar-refractivity contribution in [1.29, 1.82) is 0 Å². The third-order valence-electron chi connectivity index (χ3n) is 18.1. The Balaban J connectivity index is 0.000000421. The van der Waals surface area contributed by atoms with Gasteiger partial charge in [0.25, 0.3) is 23.5 Å². The van der Waals surface area contributed by atoms with Gasteiger partial charge in [-0.3, -0.25) is 9.59 Å². The molecule has 1 aliphatic heterocycles. The molecule has 3 N–H and O–H groups in total. The Bertz CT molecular complexity index is 5670.